The van der Waals surface area contributed by atoms with Crippen molar-refractivity contribution in [2.75, 3.05) is 19.2 Å². The van der Waals surface area contributed by atoms with Gasteiger partial charge in [0.25, 0.3) is 5.91 Å². The lowest BCUT2D eigenvalue weighted by atomic mass is 9.81. The van der Waals surface area contributed by atoms with Crippen LogP contribution in [0.1, 0.15) is 41.6 Å². The minimum Gasteiger partial charge on any atom is -0.469 e. The zero-order chi connectivity index (χ0) is 22.7. The first kappa shape index (κ1) is 22.4. The first-order valence-corrected chi connectivity index (χ1v) is 11.5. The normalized spacial score (nSPS) is 19.3. The number of anilines is 1. The van der Waals surface area contributed by atoms with E-state index in [9.17, 15) is 14.4 Å². The minimum absolute atomic E-state index is 0.155. The van der Waals surface area contributed by atoms with Crippen molar-refractivity contribution in [2.24, 2.45) is 11.8 Å². The SMILES string of the molecule is COC(=O)C1CCC(C(=O)Nc2sc(Cl)cc2C(=O)NCc2ccc3c(c2)OCO3)CC1. The number of amides is 2. The lowest BCUT2D eigenvalue weighted by Gasteiger charge is -2.26. The summed E-state index contributed by atoms with van der Waals surface area (Å²) < 4.78 is 15.8. The van der Waals surface area contributed by atoms with Crippen LogP contribution in [-0.2, 0) is 20.9 Å². The van der Waals surface area contributed by atoms with Crippen LogP contribution in [0.3, 0.4) is 0 Å². The van der Waals surface area contributed by atoms with Crippen molar-refractivity contribution in [2.45, 2.75) is 32.2 Å². The van der Waals surface area contributed by atoms with E-state index in [1.54, 1.807) is 12.1 Å². The second-order valence-electron chi connectivity index (χ2n) is 7.72. The molecule has 2 amide bonds. The molecule has 170 valence electrons. The van der Waals surface area contributed by atoms with E-state index in [-0.39, 0.29) is 43.0 Å². The van der Waals surface area contributed by atoms with E-state index >= 15 is 0 Å². The predicted octanol–water partition coefficient (Wildman–Crippen LogP) is 3.98. The Bertz CT molecular complexity index is 1030. The fraction of sp³-hybridized carbons (Fsp3) is 0.409. The molecule has 0 spiro atoms. The summed E-state index contributed by atoms with van der Waals surface area (Å²) >= 11 is 7.28. The Hall–Kier alpha value is -2.78. The van der Waals surface area contributed by atoms with Gasteiger partial charge in [-0.3, -0.25) is 14.4 Å². The fourth-order valence-electron chi connectivity index (χ4n) is 3.92. The van der Waals surface area contributed by atoms with Crippen molar-refractivity contribution >= 4 is 45.7 Å². The van der Waals surface area contributed by atoms with E-state index < -0.39 is 0 Å². The molecule has 0 bridgehead atoms. The highest BCUT2D eigenvalue weighted by Crippen LogP contribution is 2.35. The molecule has 0 unspecified atom stereocenters. The Balaban J connectivity index is 1.35. The zero-order valence-electron chi connectivity index (χ0n) is 17.4. The summed E-state index contributed by atoms with van der Waals surface area (Å²) in [4.78, 5) is 37.2. The van der Waals surface area contributed by atoms with Gasteiger partial charge in [-0.2, -0.15) is 0 Å². The number of thiophene rings is 1. The van der Waals surface area contributed by atoms with E-state index in [0.717, 1.165) is 16.9 Å². The Morgan fingerprint density at radius 2 is 1.81 bits per heavy atom. The van der Waals surface area contributed by atoms with Crippen LogP contribution < -0.4 is 20.1 Å². The average molecular weight is 479 g/mol. The van der Waals surface area contributed by atoms with Crippen molar-refractivity contribution < 1.29 is 28.6 Å². The molecule has 1 aliphatic heterocycles. The highest BCUT2D eigenvalue weighted by Gasteiger charge is 2.31. The Kier molecular flexibility index (Phi) is 6.86. The molecular formula is C22H23ClN2O6S. The first-order chi connectivity index (χ1) is 15.4. The molecule has 2 aromatic rings. The van der Waals surface area contributed by atoms with Crippen molar-refractivity contribution in [3.63, 3.8) is 0 Å². The van der Waals surface area contributed by atoms with Gasteiger partial charge >= 0.3 is 5.97 Å². The number of esters is 1. The van der Waals surface area contributed by atoms with Crippen LogP contribution in [0.5, 0.6) is 11.5 Å². The molecule has 1 aromatic carbocycles. The molecular weight excluding hydrogens is 456 g/mol. The van der Waals surface area contributed by atoms with Gasteiger partial charge in [-0.25, -0.2) is 0 Å². The summed E-state index contributed by atoms with van der Waals surface area (Å²) in [5.74, 6) is 0.210. The number of benzene rings is 1. The van der Waals surface area contributed by atoms with Crippen LogP contribution in [0.2, 0.25) is 4.34 Å². The molecule has 1 fully saturated rings. The van der Waals surface area contributed by atoms with E-state index in [4.69, 9.17) is 25.8 Å². The quantitative estimate of drug-likeness (QED) is 0.609. The fourth-order valence-corrected chi connectivity index (χ4v) is 5.05. The van der Waals surface area contributed by atoms with Gasteiger partial charge in [0, 0.05) is 12.5 Å². The molecule has 1 aromatic heterocycles. The molecule has 8 nitrogen and oxygen atoms in total. The van der Waals surface area contributed by atoms with E-state index in [1.807, 2.05) is 12.1 Å². The van der Waals surface area contributed by atoms with Gasteiger partial charge in [-0.15, -0.1) is 11.3 Å². The molecule has 32 heavy (non-hydrogen) atoms. The summed E-state index contributed by atoms with van der Waals surface area (Å²) in [6.07, 6.45) is 2.41. The molecule has 4 rings (SSSR count). The maximum atomic E-state index is 12.8. The van der Waals surface area contributed by atoms with E-state index in [0.29, 0.717) is 52.1 Å². The second-order valence-corrected chi connectivity index (χ2v) is 9.41. The minimum atomic E-state index is -0.337. The van der Waals surface area contributed by atoms with Gasteiger partial charge in [-0.05, 0) is 49.4 Å². The number of methoxy groups -OCH3 is 1. The molecule has 1 aliphatic carbocycles. The smallest absolute Gasteiger partial charge is 0.308 e. The third-order valence-electron chi connectivity index (χ3n) is 5.71. The van der Waals surface area contributed by atoms with Crippen LogP contribution in [-0.4, -0.2) is 31.7 Å². The maximum Gasteiger partial charge on any atom is 0.308 e. The van der Waals surface area contributed by atoms with Crippen LogP contribution in [0.25, 0.3) is 0 Å². The second kappa shape index (κ2) is 9.79. The summed E-state index contributed by atoms with van der Waals surface area (Å²) in [5.41, 5.74) is 1.18. The van der Waals surface area contributed by atoms with Crippen molar-refractivity contribution in [1.82, 2.24) is 5.32 Å². The molecule has 0 atom stereocenters. The number of hydrogen-bond donors (Lipinski definition) is 2. The van der Waals surface area contributed by atoms with Crippen LogP contribution >= 0.6 is 22.9 Å². The van der Waals surface area contributed by atoms with Gasteiger partial charge in [0.1, 0.15) is 5.00 Å². The summed E-state index contributed by atoms with van der Waals surface area (Å²) in [6.45, 7) is 0.472. The summed E-state index contributed by atoms with van der Waals surface area (Å²) in [5, 5.41) is 6.12. The number of nitrogens with one attached hydrogen (secondary N) is 2. The van der Waals surface area contributed by atoms with E-state index in [2.05, 4.69) is 10.6 Å². The third-order valence-corrected chi connectivity index (χ3v) is 6.89. The molecule has 10 heteroatoms. The maximum absolute atomic E-state index is 12.8. The first-order valence-electron chi connectivity index (χ1n) is 10.3. The zero-order valence-corrected chi connectivity index (χ0v) is 19.0. The molecule has 0 radical (unpaired) electrons. The molecule has 2 heterocycles. The highest BCUT2D eigenvalue weighted by molar-refractivity contribution is 7.20. The Labute approximate surface area is 194 Å². The standard InChI is InChI=1S/C22H23ClN2O6S/c1-29-22(28)14-5-3-13(4-6-14)19(26)25-21-15(9-18(23)32-21)20(27)24-10-12-2-7-16-17(8-12)31-11-30-16/h2,7-9,13-14H,3-6,10-11H2,1H3,(H,24,27)(H,25,26). The van der Waals surface area contributed by atoms with Crippen molar-refractivity contribution in [3.8, 4) is 11.5 Å². The molecule has 2 N–H and O–H groups in total. The van der Waals surface area contributed by atoms with Gasteiger partial charge in [0.05, 0.1) is 22.9 Å². The van der Waals surface area contributed by atoms with Gasteiger partial charge in [-0.1, -0.05) is 17.7 Å². The number of halogens is 1. The molecule has 2 aliphatic rings. The van der Waals surface area contributed by atoms with Gasteiger partial charge < -0.3 is 24.8 Å². The lowest BCUT2D eigenvalue weighted by Crippen LogP contribution is -2.30. The average Bonchev–Trinajstić information content (AvgIpc) is 3.42. The lowest BCUT2D eigenvalue weighted by molar-refractivity contribution is -0.147. The summed E-state index contributed by atoms with van der Waals surface area (Å²) in [6, 6.07) is 7.01. The highest BCUT2D eigenvalue weighted by atomic mass is 35.5. The number of hydrogen-bond acceptors (Lipinski definition) is 7. The number of carbonyl (C=O) groups is 3. The molecule has 1 saturated carbocycles. The topological polar surface area (TPSA) is 103 Å². The van der Waals surface area contributed by atoms with Crippen LogP contribution in [0, 0.1) is 11.8 Å². The van der Waals surface area contributed by atoms with Crippen LogP contribution in [0.4, 0.5) is 5.00 Å². The van der Waals surface area contributed by atoms with Crippen LogP contribution in [0.15, 0.2) is 24.3 Å². The predicted molar refractivity (Wildman–Crippen MR) is 119 cm³/mol. The van der Waals surface area contributed by atoms with Gasteiger partial charge in [0.15, 0.2) is 11.5 Å². The Morgan fingerprint density at radius 1 is 1.09 bits per heavy atom. The number of rotatable bonds is 6. The van der Waals surface area contributed by atoms with Crippen molar-refractivity contribution in [3.05, 3.63) is 39.7 Å². The third kappa shape index (κ3) is 4.99. The molecule has 0 saturated heterocycles. The largest absolute Gasteiger partial charge is 0.469 e. The number of fused-ring (bicyclic) bond motifs is 1. The monoisotopic (exact) mass is 478 g/mol. The number of carbonyl (C=O) groups excluding carboxylic acids is 3. The summed E-state index contributed by atoms with van der Waals surface area (Å²) in [7, 11) is 1.38. The van der Waals surface area contributed by atoms with E-state index in [1.165, 1.54) is 7.11 Å². The van der Waals surface area contributed by atoms with Crippen molar-refractivity contribution in [1.29, 1.82) is 0 Å². The van der Waals surface area contributed by atoms with Gasteiger partial charge in [0.2, 0.25) is 12.7 Å². The number of ether oxygens (including phenoxy) is 3. The Morgan fingerprint density at radius 3 is 2.56 bits per heavy atom.